The smallest absolute Gasteiger partial charge is 0.293 e. The van der Waals surface area contributed by atoms with E-state index in [0.717, 1.165) is 12.8 Å². The average Bonchev–Trinajstić information content (AvgIpc) is 2.77. The van der Waals surface area contributed by atoms with Gasteiger partial charge in [-0.1, -0.05) is 0 Å². The first-order valence-electron chi connectivity index (χ1n) is 7.23. The van der Waals surface area contributed by atoms with E-state index in [1.54, 1.807) is 17.0 Å². The summed E-state index contributed by atoms with van der Waals surface area (Å²) >= 11 is 0. The van der Waals surface area contributed by atoms with Gasteiger partial charge in [-0.2, -0.15) is 0 Å². The van der Waals surface area contributed by atoms with Crippen molar-refractivity contribution in [1.29, 1.82) is 0 Å². The van der Waals surface area contributed by atoms with E-state index < -0.39 is 0 Å². The van der Waals surface area contributed by atoms with Gasteiger partial charge in [-0.05, 0) is 32.6 Å². The Kier molecular flexibility index (Phi) is 3.31. The number of nitrogens with zero attached hydrogens (tertiary/aromatic N) is 3. The van der Waals surface area contributed by atoms with Crippen LogP contribution in [0, 0.1) is 0 Å². The molecule has 0 aromatic carbocycles. The third-order valence-electron chi connectivity index (χ3n) is 4.57. The minimum atomic E-state index is 0.0263. The highest BCUT2D eigenvalue weighted by Crippen LogP contribution is 2.30. The second-order valence-electron chi connectivity index (χ2n) is 5.72. The first-order valence-corrected chi connectivity index (χ1v) is 7.23. The summed E-state index contributed by atoms with van der Waals surface area (Å²) in [4.78, 5) is 18.7. The highest BCUT2D eigenvalue weighted by Gasteiger charge is 2.35. The molecule has 104 valence electrons. The number of rotatable bonds is 3. The molecule has 2 fully saturated rings. The molecular formula is C14H22N4O. The van der Waals surface area contributed by atoms with Crippen molar-refractivity contribution in [3.63, 3.8) is 0 Å². The van der Waals surface area contributed by atoms with Crippen LogP contribution in [-0.4, -0.2) is 34.7 Å². The molecule has 3 heterocycles. The molecular weight excluding hydrogens is 240 g/mol. The molecule has 5 heteroatoms. The molecule has 0 amide bonds. The van der Waals surface area contributed by atoms with Gasteiger partial charge in [0.1, 0.15) is 0 Å². The molecule has 1 N–H and O–H groups in total. The van der Waals surface area contributed by atoms with Crippen molar-refractivity contribution < 1.29 is 0 Å². The standard InChI is InChI=1S/C14H22N4O/c1-3-18-7-6-15-13(14(18)19)17(2)12-8-10-4-5-11(9-12)16-10/h6-7,10-12,16H,3-5,8-9H2,1-2H3. The lowest BCUT2D eigenvalue weighted by Gasteiger charge is -2.35. The first-order chi connectivity index (χ1) is 9.19. The van der Waals surface area contributed by atoms with Crippen LogP contribution < -0.4 is 15.8 Å². The van der Waals surface area contributed by atoms with Crippen LogP contribution in [0.15, 0.2) is 17.2 Å². The number of hydrogen-bond acceptors (Lipinski definition) is 4. The molecule has 2 saturated heterocycles. The number of aromatic nitrogens is 2. The molecule has 0 spiro atoms. The fraction of sp³-hybridized carbons (Fsp3) is 0.714. The highest BCUT2D eigenvalue weighted by atomic mass is 16.1. The lowest BCUT2D eigenvalue weighted by Crippen LogP contribution is -2.48. The van der Waals surface area contributed by atoms with E-state index in [4.69, 9.17) is 0 Å². The molecule has 5 nitrogen and oxygen atoms in total. The van der Waals surface area contributed by atoms with Crippen molar-refractivity contribution in [2.75, 3.05) is 11.9 Å². The number of piperidine rings is 1. The van der Waals surface area contributed by atoms with Crippen LogP contribution >= 0.6 is 0 Å². The number of nitrogens with one attached hydrogen (secondary N) is 1. The van der Waals surface area contributed by atoms with Crippen molar-refractivity contribution in [3.8, 4) is 0 Å². The van der Waals surface area contributed by atoms with Crippen LogP contribution in [-0.2, 0) is 6.54 Å². The van der Waals surface area contributed by atoms with Crippen LogP contribution in [0.5, 0.6) is 0 Å². The second-order valence-corrected chi connectivity index (χ2v) is 5.72. The summed E-state index contributed by atoms with van der Waals surface area (Å²) < 4.78 is 1.72. The van der Waals surface area contributed by atoms with Gasteiger partial charge in [0.05, 0.1) is 0 Å². The lowest BCUT2D eigenvalue weighted by atomic mass is 9.98. The molecule has 0 saturated carbocycles. The second kappa shape index (κ2) is 4.96. The Bertz CT molecular complexity index is 500. The van der Waals surface area contributed by atoms with E-state index in [1.165, 1.54) is 12.8 Å². The van der Waals surface area contributed by atoms with Gasteiger partial charge in [-0.15, -0.1) is 0 Å². The molecule has 1 aromatic heterocycles. The van der Waals surface area contributed by atoms with Crippen LogP contribution in [0.4, 0.5) is 5.82 Å². The van der Waals surface area contributed by atoms with Crippen molar-refractivity contribution >= 4 is 5.82 Å². The third kappa shape index (κ3) is 2.27. The number of fused-ring (bicyclic) bond motifs is 2. The summed E-state index contributed by atoms with van der Waals surface area (Å²) in [7, 11) is 2.01. The van der Waals surface area contributed by atoms with E-state index in [2.05, 4.69) is 15.2 Å². The maximum atomic E-state index is 12.3. The van der Waals surface area contributed by atoms with Gasteiger partial charge in [-0.3, -0.25) is 4.79 Å². The molecule has 0 radical (unpaired) electrons. The quantitative estimate of drug-likeness (QED) is 0.882. The minimum absolute atomic E-state index is 0.0263. The largest absolute Gasteiger partial charge is 0.352 e. The normalized spacial score (nSPS) is 29.5. The fourth-order valence-electron chi connectivity index (χ4n) is 3.44. The summed E-state index contributed by atoms with van der Waals surface area (Å²) in [6.45, 7) is 2.68. The van der Waals surface area contributed by atoms with Gasteiger partial charge in [0, 0.05) is 44.1 Å². The van der Waals surface area contributed by atoms with Crippen LogP contribution in [0.25, 0.3) is 0 Å². The molecule has 1 aromatic rings. The van der Waals surface area contributed by atoms with Crippen LogP contribution in [0.3, 0.4) is 0 Å². The topological polar surface area (TPSA) is 50.2 Å². The van der Waals surface area contributed by atoms with Crippen molar-refractivity contribution in [2.24, 2.45) is 0 Å². The zero-order valence-corrected chi connectivity index (χ0v) is 11.7. The molecule has 2 atom stereocenters. The Morgan fingerprint density at radius 3 is 2.74 bits per heavy atom. The van der Waals surface area contributed by atoms with Gasteiger partial charge < -0.3 is 14.8 Å². The lowest BCUT2D eigenvalue weighted by molar-refractivity contribution is 0.353. The first kappa shape index (κ1) is 12.7. The zero-order chi connectivity index (χ0) is 13.4. The van der Waals surface area contributed by atoms with Crippen molar-refractivity contribution in [3.05, 3.63) is 22.7 Å². The number of hydrogen-bond donors (Lipinski definition) is 1. The molecule has 19 heavy (non-hydrogen) atoms. The third-order valence-corrected chi connectivity index (χ3v) is 4.57. The van der Waals surface area contributed by atoms with E-state index in [9.17, 15) is 4.79 Å². The molecule has 2 aliphatic rings. The molecule has 3 rings (SSSR count). The summed E-state index contributed by atoms with van der Waals surface area (Å²) in [6.07, 6.45) is 8.27. The SMILES string of the molecule is CCn1ccnc(N(C)C2CC3CCC(C2)N3)c1=O. The van der Waals surface area contributed by atoms with E-state index in [-0.39, 0.29) is 5.56 Å². The van der Waals surface area contributed by atoms with Gasteiger partial charge in [0.15, 0.2) is 5.82 Å². The van der Waals surface area contributed by atoms with E-state index in [0.29, 0.717) is 30.5 Å². The van der Waals surface area contributed by atoms with Gasteiger partial charge >= 0.3 is 0 Å². The van der Waals surface area contributed by atoms with E-state index >= 15 is 0 Å². The Morgan fingerprint density at radius 2 is 2.11 bits per heavy atom. The number of anilines is 1. The highest BCUT2D eigenvalue weighted by molar-refractivity contribution is 5.36. The molecule has 2 aliphatic heterocycles. The Balaban J connectivity index is 1.84. The maximum Gasteiger partial charge on any atom is 0.293 e. The van der Waals surface area contributed by atoms with Crippen LogP contribution in [0.1, 0.15) is 32.6 Å². The summed E-state index contributed by atoms with van der Waals surface area (Å²) in [6, 6.07) is 1.69. The Labute approximate surface area is 113 Å². The van der Waals surface area contributed by atoms with Gasteiger partial charge in [0.25, 0.3) is 5.56 Å². The summed E-state index contributed by atoms with van der Waals surface area (Å²) in [5, 5.41) is 3.63. The molecule has 0 aliphatic carbocycles. The maximum absolute atomic E-state index is 12.3. The van der Waals surface area contributed by atoms with Gasteiger partial charge in [-0.25, -0.2) is 4.98 Å². The van der Waals surface area contributed by atoms with Crippen molar-refractivity contribution in [1.82, 2.24) is 14.9 Å². The monoisotopic (exact) mass is 262 g/mol. The number of aryl methyl sites for hydroxylation is 1. The van der Waals surface area contributed by atoms with E-state index in [1.807, 2.05) is 14.0 Å². The predicted molar refractivity (Wildman–Crippen MR) is 75.5 cm³/mol. The van der Waals surface area contributed by atoms with Gasteiger partial charge in [0.2, 0.25) is 0 Å². The summed E-state index contributed by atoms with van der Waals surface area (Å²) in [5.41, 5.74) is 0.0263. The molecule has 2 unspecified atom stereocenters. The fourth-order valence-corrected chi connectivity index (χ4v) is 3.44. The minimum Gasteiger partial charge on any atom is -0.352 e. The Morgan fingerprint density at radius 1 is 1.42 bits per heavy atom. The Hall–Kier alpha value is -1.36. The zero-order valence-electron chi connectivity index (χ0n) is 11.7. The predicted octanol–water partition coefficient (Wildman–Crippen LogP) is 0.982. The molecule has 2 bridgehead atoms. The van der Waals surface area contributed by atoms with Crippen LogP contribution in [0.2, 0.25) is 0 Å². The average molecular weight is 262 g/mol. The van der Waals surface area contributed by atoms with Crippen molar-refractivity contribution in [2.45, 2.75) is 57.3 Å². The summed E-state index contributed by atoms with van der Waals surface area (Å²) in [5.74, 6) is 0.593.